The summed E-state index contributed by atoms with van der Waals surface area (Å²) < 4.78 is 6.81. The molecule has 1 aromatic rings. The van der Waals surface area contributed by atoms with E-state index in [9.17, 15) is 0 Å². The van der Waals surface area contributed by atoms with Gasteiger partial charge in [-0.15, -0.1) is 24.0 Å². The lowest BCUT2D eigenvalue weighted by molar-refractivity contribution is 0.123. The van der Waals surface area contributed by atoms with Gasteiger partial charge in [0.2, 0.25) is 0 Å². The van der Waals surface area contributed by atoms with Crippen molar-refractivity contribution in [3.63, 3.8) is 0 Å². The molecule has 0 radical (unpaired) electrons. The monoisotopic (exact) mass is 550 g/mol. The van der Waals surface area contributed by atoms with E-state index >= 15 is 0 Å². The Bertz CT molecular complexity index is 597. The van der Waals surface area contributed by atoms with Crippen LogP contribution in [0.2, 0.25) is 0 Å². The molecule has 1 heterocycles. The molecule has 2 fully saturated rings. The summed E-state index contributed by atoms with van der Waals surface area (Å²) in [6, 6.07) is 8.56. The second-order valence-electron chi connectivity index (χ2n) is 7.33. The molecule has 3 rings (SSSR count). The van der Waals surface area contributed by atoms with Gasteiger partial charge in [0.05, 0.1) is 0 Å². The van der Waals surface area contributed by atoms with E-state index in [1.807, 2.05) is 7.05 Å². The Kier molecular flexibility index (Phi) is 10.2. The van der Waals surface area contributed by atoms with Gasteiger partial charge in [0.15, 0.2) is 5.96 Å². The minimum Gasteiger partial charge on any atom is -0.381 e. The number of ether oxygens (including phenoxy) is 1. The third-order valence-corrected chi connectivity index (χ3v) is 5.54. The molecule has 0 amide bonds. The minimum absolute atomic E-state index is 0. The van der Waals surface area contributed by atoms with Gasteiger partial charge in [-0.25, -0.2) is 0 Å². The topological polar surface area (TPSA) is 48.9 Å². The van der Waals surface area contributed by atoms with E-state index in [2.05, 4.69) is 60.7 Å². The van der Waals surface area contributed by atoms with Crippen LogP contribution in [-0.4, -0.2) is 52.4 Å². The predicted molar refractivity (Wildman–Crippen MR) is 127 cm³/mol. The van der Waals surface area contributed by atoms with Gasteiger partial charge in [0.1, 0.15) is 0 Å². The number of halogens is 2. The molecule has 0 aromatic heterocycles. The van der Waals surface area contributed by atoms with E-state index < -0.39 is 0 Å². The van der Waals surface area contributed by atoms with Crippen molar-refractivity contribution < 1.29 is 4.74 Å². The lowest BCUT2D eigenvalue weighted by atomic mass is 10.1. The van der Waals surface area contributed by atoms with Crippen LogP contribution in [-0.2, 0) is 4.74 Å². The molecule has 152 valence electrons. The van der Waals surface area contributed by atoms with Crippen molar-refractivity contribution in [2.75, 3.05) is 51.3 Å². The average Bonchev–Trinajstić information content (AvgIpc) is 3.35. The Labute approximate surface area is 188 Å². The first-order chi connectivity index (χ1) is 12.7. The summed E-state index contributed by atoms with van der Waals surface area (Å²) in [5.74, 6) is 2.39. The fourth-order valence-electron chi connectivity index (χ4n) is 3.28. The van der Waals surface area contributed by atoms with Crippen molar-refractivity contribution in [3.05, 3.63) is 28.7 Å². The second-order valence-corrected chi connectivity index (χ2v) is 8.25. The summed E-state index contributed by atoms with van der Waals surface area (Å²) in [6.07, 6.45) is 4.95. The van der Waals surface area contributed by atoms with Crippen LogP contribution in [0.25, 0.3) is 0 Å². The zero-order valence-corrected chi connectivity index (χ0v) is 20.0. The first-order valence-electron chi connectivity index (χ1n) is 9.77. The molecule has 0 spiro atoms. The number of guanidine groups is 1. The lowest BCUT2D eigenvalue weighted by Crippen LogP contribution is -2.40. The zero-order chi connectivity index (χ0) is 18.2. The van der Waals surface area contributed by atoms with Crippen molar-refractivity contribution in [1.82, 2.24) is 10.6 Å². The number of benzene rings is 1. The first-order valence-corrected chi connectivity index (χ1v) is 10.6. The maximum Gasteiger partial charge on any atom is 0.190 e. The molecule has 1 aliphatic heterocycles. The van der Waals surface area contributed by atoms with Crippen LogP contribution in [0.3, 0.4) is 0 Å². The number of hydrogen-bond donors (Lipinski definition) is 2. The fourth-order valence-corrected chi connectivity index (χ4v) is 3.67. The van der Waals surface area contributed by atoms with E-state index in [4.69, 9.17) is 4.74 Å². The molecule has 1 saturated heterocycles. The molecule has 7 heteroatoms. The van der Waals surface area contributed by atoms with Crippen LogP contribution in [0.4, 0.5) is 5.69 Å². The van der Waals surface area contributed by atoms with Gasteiger partial charge in [-0.2, -0.15) is 0 Å². The molecule has 1 saturated carbocycles. The van der Waals surface area contributed by atoms with Gasteiger partial charge in [-0.3, -0.25) is 4.99 Å². The van der Waals surface area contributed by atoms with Gasteiger partial charge in [0.25, 0.3) is 0 Å². The van der Waals surface area contributed by atoms with Crippen molar-refractivity contribution in [1.29, 1.82) is 0 Å². The van der Waals surface area contributed by atoms with Crippen LogP contribution in [0.15, 0.2) is 33.7 Å². The smallest absolute Gasteiger partial charge is 0.190 e. The first kappa shape index (κ1) is 22.7. The largest absolute Gasteiger partial charge is 0.381 e. The molecule has 1 aromatic carbocycles. The number of aliphatic imine (C=N–C) groups is 1. The Balaban J connectivity index is 0.00000261. The quantitative estimate of drug-likeness (QED) is 0.212. The van der Waals surface area contributed by atoms with E-state index in [1.165, 1.54) is 24.9 Å². The Morgan fingerprint density at radius 1 is 1.26 bits per heavy atom. The van der Waals surface area contributed by atoms with Crippen LogP contribution in [0.1, 0.15) is 25.7 Å². The van der Waals surface area contributed by atoms with Crippen molar-refractivity contribution in [3.8, 4) is 0 Å². The highest BCUT2D eigenvalue weighted by Crippen LogP contribution is 2.28. The normalized spacial score (nSPS) is 19.7. The fraction of sp³-hybridized carbons (Fsp3) is 0.650. The highest BCUT2D eigenvalue weighted by atomic mass is 127. The number of hydrogen-bond acceptors (Lipinski definition) is 3. The summed E-state index contributed by atoms with van der Waals surface area (Å²) in [5, 5.41) is 6.86. The Hall–Kier alpha value is -0.540. The SMILES string of the molecule is CN=C(NCCCOCC1CC1)NCC1CCN(c2cccc(Br)c2)C1.I. The maximum atomic E-state index is 5.67. The Morgan fingerprint density at radius 3 is 2.85 bits per heavy atom. The molecule has 1 atom stereocenters. The predicted octanol–water partition coefficient (Wildman–Crippen LogP) is 3.88. The molecule has 1 aliphatic carbocycles. The van der Waals surface area contributed by atoms with Gasteiger partial charge >= 0.3 is 0 Å². The summed E-state index contributed by atoms with van der Waals surface area (Å²) in [7, 11) is 1.83. The number of nitrogens with zero attached hydrogens (tertiary/aromatic N) is 2. The summed E-state index contributed by atoms with van der Waals surface area (Å²) in [5.41, 5.74) is 1.30. The summed E-state index contributed by atoms with van der Waals surface area (Å²) >= 11 is 3.56. The van der Waals surface area contributed by atoms with Gasteiger partial charge in [0, 0.05) is 56.6 Å². The van der Waals surface area contributed by atoms with Crippen molar-refractivity contribution in [2.24, 2.45) is 16.8 Å². The highest BCUT2D eigenvalue weighted by molar-refractivity contribution is 14.0. The molecule has 2 N–H and O–H groups in total. The van der Waals surface area contributed by atoms with Crippen LogP contribution >= 0.6 is 39.9 Å². The van der Waals surface area contributed by atoms with E-state index in [0.717, 1.165) is 62.2 Å². The number of nitrogens with one attached hydrogen (secondary N) is 2. The highest BCUT2D eigenvalue weighted by Gasteiger charge is 2.23. The molecular weight excluding hydrogens is 519 g/mol. The molecule has 2 aliphatic rings. The van der Waals surface area contributed by atoms with E-state index in [-0.39, 0.29) is 24.0 Å². The summed E-state index contributed by atoms with van der Waals surface area (Å²) in [4.78, 5) is 6.79. The Morgan fingerprint density at radius 2 is 2.11 bits per heavy atom. The molecular formula is C20H32BrIN4O. The van der Waals surface area contributed by atoms with Gasteiger partial charge in [-0.1, -0.05) is 22.0 Å². The maximum absolute atomic E-state index is 5.67. The van der Waals surface area contributed by atoms with Gasteiger partial charge < -0.3 is 20.3 Å². The van der Waals surface area contributed by atoms with E-state index in [1.54, 1.807) is 0 Å². The molecule has 0 bridgehead atoms. The van der Waals surface area contributed by atoms with Crippen LogP contribution < -0.4 is 15.5 Å². The zero-order valence-electron chi connectivity index (χ0n) is 16.1. The van der Waals surface area contributed by atoms with Gasteiger partial charge in [-0.05, 0) is 55.7 Å². The number of rotatable bonds is 9. The standard InChI is InChI=1S/C20H31BrN4O.HI/c1-22-20(23-9-3-11-26-15-16-6-7-16)24-13-17-8-10-25(14-17)19-5-2-4-18(21)12-19;/h2,4-5,12,16-17H,3,6-11,13-15H2,1H3,(H2,22,23,24);1H. The van der Waals surface area contributed by atoms with Crippen molar-refractivity contribution in [2.45, 2.75) is 25.7 Å². The average molecular weight is 551 g/mol. The molecule has 1 unspecified atom stereocenters. The lowest BCUT2D eigenvalue weighted by Gasteiger charge is -2.19. The third-order valence-electron chi connectivity index (χ3n) is 5.05. The molecule has 27 heavy (non-hydrogen) atoms. The van der Waals surface area contributed by atoms with Crippen molar-refractivity contribution >= 4 is 51.6 Å². The summed E-state index contributed by atoms with van der Waals surface area (Å²) in [6.45, 7) is 5.86. The van der Waals surface area contributed by atoms with Crippen LogP contribution in [0.5, 0.6) is 0 Å². The molecule has 5 nitrogen and oxygen atoms in total. The van der Waals surface area contributed by atoms with Crippen LogP contribution in [0, 0.1) is 11.8 Å². The third kappa shape index (κ3) is 8.15. The minimum atomic E-state index is 0. The second kappa shape index (κ2) is 12.1. The number of anilines is 1. The van der Waals surface area contributed by atoms with E-state index in [0.29, 0.717) is 5.92 Å².